The van der Waals surface area contributed by atoms with Crippen LogP contribution in [-0.4, -0.2) is 26.2 Å². The number of hydrogen-bond donors (Lipinski definition) is 1. The molecule has 0 bridgehead atoms. The van der Waals surface area contributed by atoms with Gasteiger partial charge in [-0.1, -0.05) is 24.6 Å². The fraction of sp³-hybridized carbons (Fsp3) is 0.625. The minimum Gasteiger partial charge on any atom is -0.368 e. The van der Waals surface area contributed by atoms with Crippen LogP contribution >= 0.6 is 0 Å². The van der Waals surface area contributed by atoms with E-state index in [-0.39, 0.29) is 0 Å². The number of nitrogens with one attached hydrogen (secondary N) is 1. The first-order valence-corrected chi connectivity index (χ1v) is 7.37. The molecular formula is C16H24N2. The molecule has 2 aliphatic rings. The molecule has 3 rings (SSSR count). The Labute approximate surface area is 110 Å². The lowest BCUT2D eigenvalue weighted by molar-refractivity contribution is 0.310. The Kier molecular flexibility index (Phi) is 3.55. The van der Waals surface area contributed by atoms with Crippen LogP contribution in [-0.2, 0) is 6.42 Å². The first-order chi connectivity index (χ1) is 8.88. The zero-order valence-corrected chi connectivity index (χ0v) is 11.4. The number of fused-ring (bicyclic) bond motifs is 1. The highest BCUT2D eigenvalue weighted by molar-refractivity contribution is 5.59. The first kappa shape index (κ1) is 12.0. The van der Waals surface area contributed by atoms with Crippen LogP contribution in [0, 0.1) is 5.92 Å². The third kappa shape index (κ3) is 2.26. The number of hydrogen-bond acceptors (Lipinski definition) is 2. The maximum atomic E-state index is 3.30. The molecule has 1 atom stereocenters. The van der Waals surface area contributed by atoms with Gasteiger partial charge in [-0.25, -0.2) is 0 Å². The maximum Gasteiger partial charge on any atom is 0.0402 e. The van der Waals surface area contributed by atoms with E-state index in [0.717, 1.165) is 18.5 Å². The number of rotatable bonds is 5. The van der Waals surface area contributed by atoms with Gasteiger partial charge in [-0.05, 0) is 56.8 Å². The van der Waals surface area contributed by atoms with Gasteiger partial charge in [-0.3, -0.25) is 0 Å². The fourth-order valence-electron chi connectivity index (χ4n) is 3.29. The lowest BCUT2D eigenvalue weighted by Gasteiger charge is -2.35. The van der Waals surface area contributed by atoms with Crippen LogP contribution in [0.1, 0.15) is 31.2 Å². The molecule has 1 saturated carbocycles. The zero-order chi connectivity index (χ0) is 12.4. The van der Waals surface area contributed by atoms with E-state index in [4.69, 9.17) is 0 Å². The molecule has 18 heavy (non-hydrogen) atoms. The van der Waals surface area contributed by atoms with Gasteiger partial charge in [0.25, 0.3) is 0 Å². The van der Waals surface area contributed by atoms with Gasteiger partial charge in [0.1, 0.15) is 0 Å². The summed E-state index contributed by atoms with van der Waals surface area (Å²) in [6.07, 6.45) is 6.83. The van der Waals surface area contributed by atoms with Crippen molar-refractivity contribution < 1.29 is 0 Å². The highest BCUT2D eigenvalue weighted by Crippen LogP contribution is 2.37. The first-order valence-electron chi connectivity index (χ1n) is 7.37. The molecule has 1 aliphatic carbocycles. The van der Waals surface area contributed by atoms with Gasteiger partial charge in [0.2, 0.25) is 0 Å². The van der Waals surface area contributed by atoms with E-state index in [9.17, 15) is 0 Å². The summed E-state index contributed by atoms with van der Waals surface area (Å²) >= 11 is 0. The standard InChI is InChI=1S/C16H24N2/c1-17-10-9-15-11-14-7-2-3-8-16(14)18(15)12-13-5-4-6-13/h2-3,7-8,13,15,17H,4-6,9-12H2,1H3. The molecule has 98 valence electrons. The van der Waals surface area contributed by atoms with Crippen molar-refractivity contribution in [1.29, 1.82) is 0 Å². The summed E-state index contributed by atoms with van der Waals surface area (Å²) < 4.78 is 0. The van der Waals surface area contributed by atoms with Gasteiger partial charge in [-0.15, -0.1) is 0 Å². The van der Waals surface area contributed by atoms with E-state index >= 15 is 0 Å². The molecule has 0 saturated heterocycles. The van der Waals surface area contributed by atoms with Crippen LogP contribution in [0.4, 0.5) is 5.69 Å². The Morgan fingerprint density at radius 3 is 2.83 bits per heavy atom. The number of anilines is 1. The summed E-state index contributed by atoms with van der Waals surface area (Å²) in [5.74, 6) is 0.952. The van der Waals surface area contributed by atoms with E-state index in [0.29, 0.717) is 0 Å². The number of nitrogens with zero attached hydrogens (tertiary/aromatic N) is 1. The smallest absolute Gasteiger partial charge is 0.0402 e. The summed E-state index contributed by atoms with van der Waals surface area (Å²) in [7, 11) is 2.05. The highest BCUT2D eigenvalue weighted by atomic mass is 15.2. The minimum atomic E-state index is 0.718. The van der Waals surface area contributed by atoms with Crippen LogP contribution in [0.3, 0.4) is 0 Å². The van der Waals surface area contributed by atoms with Crippen LogP contribution < -0.4 is 10.2 Å². The van der Waals surface area contributed by atoms with Crippen molar-refractivity contribution in [3.8, 4) is 0 Å². The van der Waals surface area contributed by atoms with Crippen molar-refractivity contribution in [3.05, 3.63) is 29.8 Å². The molecule has 2 heteroatoms. The lowest BCUT2D eigenvalue weighted by Crippen LogP contribution is -2.39. The van der Waals surface area contributed by atoms with Gasteiger partial charge in [0.15, 0.2) is 0 Å². The van der Waals surface area contributed by atoms with E-state index < -0.39 is 0 Å². The topological polar surface area (TPSA) is 15.3 Å². The number of benzene rings is 1. The quantitative estimate of drug-likeness (QED) is 0.857. The third-order valence-corrected chi connectivity index (χ3v) is 4.60. The Morgan fingerprint density at radius 2 is 2.11 bits per heavy atom. The average molecular weight is 244 g/mol. The second-order valence-corrected chi connectivity index (χ2v) is 5.83. The summed E-state index contributed by atoms with van der Waals surface area (Å²) in [6.45, 7) is 2.41. The summed E-state index contributed by atoms with van der Waals surface area (Å²) in [5, 5.41) is 3.30. The van der Waals surface area contributed by atoms with Crippen molar-refractivity contribution in [2.45, 2.75) is 38.1 Å². The van der Waals surface area contributed by atoms with Gasteiger partial charge in [0.05, 0.1) is 0 Å². The Hall–Kier alpha value is -1.02. The monoisotopic (exact) mass is 244 g/mol. The summed E-state index contributed by atoms with van der Waals surface area (Å²) in [5.41, 5.74) is 3.06. The molecule has 1 fully saturated rings. The Morgan fingerprint density at radius 1 is 1.28 bits per heavy atom. The lowest BCUT2D eigenvalue weighted by atomic mass is 9.85. The molecule has 1 aromatic rings. The van der Waals surface area contributed by atoms with Gasteiger partial charge in [-0.2, -0.15) is 0 Å². The van der Waals surface area contributed by atoms with Crippen LogP contribution in [0.25, 0.3) is 0 Å². The zero-order valence-electron chi connectivity index (χ0n) is 11.4. The third-order valence-electron chi connectivity index (χ3n) is 4.60. The summed E-state index contributed by atoms with van der Waals surface area (Å²) in [4.78, 5) is 2.69. The van der Waals surface area contributed by atoms with E-state index in [1.807, 2.05) is 0 Å². The molecule has 1 aliphatic heterocycles. The van der Waals surface area contributed by atoms with Crippen molar-refractivity contribution in [2.75, 3.05) is 25.0 Å². The van der Waals surface area contributed by atoms with Crippen LogP contribution in [0.2, 0.25) is 0 Å². The fourth-order valence-corrected chi connectivity index (χ4v) is 3.29. The normalized spacial score (nSPS) is 22.9. The molecule has 0 spiro atoms. The highest BCUT2D eigenvalue weighted by Gasteiger charge is 2.31. The van der Waals surface area contributed by atoms with Crippen molar-refractivity contribution >= 4 is 5.69 Å². The van der Waals surface area contributed by atoms with Crippen molar-refractivity contribution in [3.63, 3.8) is 0 Å². The Bertz CT molecular complexity index is 398. The molecule has 0 amide bonds. The SMILES string of the molecule is CNCCC1Cc2ccccc2N1CC1CCC1. The largest absolute Gasteiger partial charge is 0.368 e. The molecule has 2 nitrogen and oxygen atoms in total. The molecule has 0 aromatic heterocycles. The van der Waals surface area contributed by atoms with E-state index in [2.05, 4.69) is 41.5 Å². The van der Waals surface area contributed by atoms with Gasteiger partial charge < -0.3 is 10.2 Å². The van der Waals surface area contributed by atoms with Crippen molar-refractivity contribution in [1.82, 2.24) is 5.32 Å². The second kappa shape index (κ2) is 5.31. The molecule has 1 N–H and O–H groups in total. The predicted molar refractivity (Wildman–Crippen MR) is 77.2 cm³/mol. The second-order valence-electron chi connectivity index (χ2n) is 5.83. The van der Waals surface area contributed by atoms with Gasteiger partial charge in [0, 0.05) is 18.3 Å². The predicted octanol–water partition coefficient (Wildman–Crippen LogP) is 2.83. The number of para-hydroxylation sites is 1. The van der Waals surface area contributed by atoms with E-state index in [1.54, 1.807) is 5.56 Å². The Balaban J connectivity index is 1.74. The summed E-state index contributed by atoms with van der Waals surface area (Å²) in [6, 6.07) is 9.71. The van der Waals surface area contributed by atoms with Crippen LogP contribution in [0.5, 0.6) is 0 Å². The molecular weight excluding hydrogens is 220 g/mol. The minimum absolute atomic E-state index is 0.718. The van der Waals surface area contributed by atoms with E-state index in [1.165, 1.54) is 44.3 Å². The molecule has 1 aromatic carbocycles. The molecule has 1 unspecified atom stereocenters. The molecule has 1 heterocycles. The average Bonchev–Trinajstić information content (AvgIpc) is 2.69. The van der Waals surface area contributed by atoms with Gasteiger partial charge >= 0.3 is 0 Å². The van der Waals surface area contributed by atoms with Crippen molar-refractivity contribution in [2.24, 2.45) is 5.92 Å². The maximum absolute atomic E-state index is 3.30. The molecule has 0 radical (unpaired) electrons. The van der Waals surface area contributed by atoms with Crippen LogP contribution in [0.15, 0.2) is 24.3 Å².